The van der Waals surface area contributed by atoms with E-state index < -0.39 is 11.8 Å². The van der Waals surface area contributed by atoms with Gasteiger partial charge in [-0.3, -0.25) is 14.9 Å². The average Bonchev–Trinajstić information content (AvgIpc) is 2.90. The smallest absolute Gasteiger partial charge is 0.315 e. The van der Waals surface area contributed by atoms with E-state index in [0.717, 1.165) is 25.9 Å². The van der Waals surface area contributed by atoms with Crippen molar-refractivity contribution in [3.05, 3.63) is 11.6 Å². The van der Waals surface area contributed by atoms with Crippen LogP contribution in [-0.2, 0) is 9.59 Å². The molecule has 1 aromatic rings. The summed E-state index contributed by atoms with van der Waals surface area (Å²) in [5.41, 5.74) is 0. The molecule has 19 heavy (non-hydrogen) atoms. The van der Waals surface area contributed by atoms with E-state index in [1.807, 2.05) is 0 Å². The number of likely N-dealkylation sites (tertiary alicyclic amines) is 1. The molecule has 1 aliphatic rings. The molecule has 0 unspecified atom stereocenters. The lowest BCUT2D eigenvalue weighted by atomic mass is 10.0. The summed E-state index contributed by atoms with van der Waals surface area (Å²) in [7, 11) is 3.76. The molecule has 1 fully saturated rings. The van der Waals surface area contributed by atoms with Gasteiger partial charge in [-0.1, -0.05) is 0 Å². The lowest BCUT2D eigenvalue weighted by Gasteiger charge is -2.34. The summed E-state index contributed by atoms with van der Waals surface area (Å²) in [6.07, 6.45) is 3.40. The molecule has 1 aliphatic heterocycles. The number of carbonyl (C=O) groups excluding carboxylic acids is 2. The normalized spacial score (nSPS) is 17.2. The van der Waals surface area contributed by atoms with Gasteiger partial charge in [0.25, 0.3) is 0 Å². The lowest BCUT2D eigenvalue weighted by molar-refractivity contribution is -0.144. The molecular weight excluding hydrogens is 264 g/mol. The number of likely N-dealkylation sites (N-methyl/N-ethyl adjacent to an activating group) is 1. The third-order valence-corrected chi connectivity index (χ3v) is 4.09. The summed E-state index contributed by atoms with van der Waals surface area (Å²) in [6, 6.07) is 0.144. The summed E-state index contributed by atoms with van der Waals surface area (Å²) in [5.74, 6) is -1.11. The molecule has 0 atom stereocenters. The molecule has 0 aliphatic carbocycles. The van der Waals surface area contributed by atoms with E-state index >= 15 is 0 Å². The number of anilines is 1. The maximum atomic E-state index is 12.0. The third kappa shape index (κ3) is 3.51. The van der Waals surface area contributed by atoms with E-state index in [4.69, 9.17) is 0 Å². The van der Waals surface area contributed by atoms with Crippen LogP contribution in [0.15, 0.2) is 11.6 Å². The van der Waals surface area contributed by atoms with Crippen molar-refractivity contribution in [3.8, 4) is 0 Å². The minimum absolute atomic E-state index is 0.144. The maximum absolute atomic E-state index is 12.0. The maximum Gasteiger partial charge on any atom is 0.315 e. The van der Waals surface area contributed by atoms with Gasteiger partial charge in [0, 0.05) is 24.7 Å². The Morgan fingerprint density at radius 1 is 1.47 bits per heavy atom. The zero-order valence-electron chi connectivity index (χ0n) is 11.1. The fourth-order valence-corrected chi connectivity index (χ4v) is 2.67. The second-order valence-corrected chi connectivity index (χ2v) is 5.64. The lowest BCUT2D eigenvalue weighted by Crippen LogP contribution is -2.47. The molecule has 2 rings (SSSR count). The van der Waals surface area contributed by atoms with Crippen molar-refractivity contribution in [2.24, 2.45) is 0 Å². The number of thiazole rings is 1. The zero-order valence-corrected chi connectivity index (χ0v) is 11.9. The topological polar surface area (TPSA) is 65.5 Å². The predicted octanol–water partition coefficient (Wildman–Crippen LogP) is 0.634. The number of aromatic nitrogens is 1. The molecule has 2 amide bonds. The van der Waals surface area contributed by atoms with Crippen molar-refractivity contribution in [1.82, 2.24) is 14.8 Å². The average molecular weight is 282 g/mol. The van der Waals surface area contributed by atoms with Gasteiger partial charge < -0.3 is 9.80 Å². The van der Waals surface area contributed by atoms with Gasteiger partial charge in [0.05, 0.1) is 0 Å². The van der Waals surface area contributed by atoms with Gasteiger partial charge in [0.15, 0.2) is 5.13 Å². The van der Waals surface area contributed by atoms with Gasteiger partial charge in [0.2, 0.25) is 0 Å². The summed E-state index contributed by atoms with van der Waals surface area (Å²) in [4.78, 5) is 31.5. The van der Waals surface area contributed by atoms with Crippen LogP contribution in [0.2, 0.25) is 0 Å². The van der Waals surface area contributed by atoms with Gasteiger partial charge >= 0.3 is 11.8 Å². The monoisotopic (exact) mass is 282 g/mol. The number of carbonyl (C=O) groups is 2. The second-order valence-electron chi connectivity index (χ2n) is 4.74. The number of amides is 2. The van der Waals surface area contributed by atoms with E-state index in [0.29, 0.717) is 5.13 Å². The van der Waals surface area contributed by atoms with Crippen molar-refractivity contribution in [1.29, 1.82) is 0 Å². The number of rotatable bonds is 2. The van der Waals surface area contributed by atoms with Crippen molar-refractivity contribution in [2.45, 2.75) is 18.9 Å². The molecule has 0 bridgehead atoms. The van der Waals surface area contributed by atoms with Crippen molar-refractivity contribution in [2.75, 3.05) is 32.5 Å². The molecular formula is C12H18N4O2S. The van der Waals surface area contributed by atoms with Crippen LogP contribution in [-0.4, -0.2) is 59.8 Å². The Morgan fingerprint density at radius 2 is 2.16 bits per heavy atom. The Kier molecular flexibility index (Phi) is 4.49. The number of nitrogens with one attached hydrogen (secondary N) is 1. The first kappa shape index (κ1) is 14.0. The highest BCUT2D eigenvalue weighted by atomic mass is 32.1. The van der Waals surface area contributed by atoms with E-state index in [-0.39, 0.29) is 6.04 Å². The van der Waals surface area contributed by atoms with Gasteiger partial charge in [-0.2, -0.15) is 0 Å². The van der Waals surface area contributed by atoms with Crippen LogP contribution in [0.25, 0.3) is 0 Å². The summed E-state index contributed by atoms with van der Waals surface area (Å²) in [6.45, 7) is 1.91. The van der Waals surface area contributed by atoms with Crippen molar-refractivity contribution in [3.63, 3.8) is 0 Å². The quantitative estimate of drug-likeness (QED) is 0.808. The number of piperidine rings is 1. The van der Waals surface area contributed by atoms with Crippen LogP contribution < -0.4 is 5.32 Å². The third-order valence-electron chi connectivity index (χ3n) is 3.40. The highest BCUT2D eigenvalue weighted by molar-refractivity contribution is 7.13. The standard InChI is InChI=1S/C12H18N4O2S/c1-15-6-3-9(4-7-15)16(2)11(18)10(17)14-12-13-5-8-19-12/h5,8-9H,3-4,6-7H2,1-2H3,(H,13,14,17). The fourth-order valence-electron chi connectivity index (χ4n) is 2.14. The summed E-state index contributed by atoms with van der Waals surface area (Å²) >= 11 is 1.30. The number of hydrogen-bond donors (Lipinski definition) is 1. The van der Waals surface area contributed by atoms with Gasteiger partial charge in [-0.05, 0) is 33.0 Å². The molecule has 7 heteroatoms. The second kappa shape index (κ2) is 6.12. The van der Waals surface area contributed by atoms with Crippen LogP contribution in [0.3, 0.4) is 0 Å². The molecule has 1 saturated heterocycles. The number of nitrogens with zero attached hydrogens (tertiary/aromatic N) is 3. The SMILES string of the molecule is CN1CCC(N(C)C(=O)C(=O)Nc2nccs2)CC1. The van der Waals surface area contributed by atoms with Crippen LogP contribution in [0.4, 0.5) is 5.13 Å². The van der Waals surface area contributed by atoms with Crippen molar-refractivity contribution < 1.29 is 9.59 Å². The summed E-state index contributed by atoms with van der Waals surface area (Å²) in [5, 5.41) is 4.72. The Hall–Kier alpha value is -1.47. The van der Waals surface area contributed by atoms with Crippen LogP contribution in [0.1, 0.15) is 12.8 Å². The first-order valence-corrected chi connectivity index (χ1v) is 7.12. The molecule has 0 aromatic carbocycles. The van der Waals surface area contributed by atoms with Crippen LogP contribution >= 0.6 is 11.3 Å². The van der Waals surface area contributed by atoms with E-state index in [2.05, 4.69) is 22.2 Å². The summed E-state index contributed by atoms with van der Waals surface area (Å²) < 4.78 is 0. The first-order valence-electron chi connectivity index (χ1n) is 6.24. The van der Waals surface area contributed by atoms with Crippen LogP contribution in [0, 0.1) is 0 Å². The Bertz CT molecular complexity index is 441. The first-order chi connectivity index (χ1) is 9.08. The van der Waals surface area contributed by atoms with Gasteiger partial charge in [-0.25, -0.2) is 4.98 Å². The van der Waals surface area contributed by atoms with E-state index in [1.54, 1.807) is 23.5 Å². The largest absolute Gasteiger partial charge is 0.334 e. The van der Waals surface area contributed by atoms with Gasteiger partial charge in [-0.15, -0.1) is 11.3 Å². The molecule has 0 spiro atoms. The fraction of sp³-hybridized carbons (Fsp3) is 0.583. The Labute approximate surface area is 116 Å². The zero-order chi connectivity index (χ0) is 13.8. The molecule has 2 heterocycles. The Balaban J connectivity index is 1.89. The molecule has 6 nitrogen and oxygen atoms in total. The Morgan fingerprint density at radius 3 is 2.74 bits per heavy atom. The molecule has 0 radical (unpaired) electrons. The minimum atomic E-state index is -0.614. The highest BCUT2D eigenvalue weighted by Gasteiger charge is 2.28. The predicted molar refractivity (Wildman–Crippen MR) is 74.0 cm³/mol. The van der Waals surface area contributed by atoms with Crippen molar-refractivity contribution >= 4 is 28.3 Å². The van der Waals surface area contributed by atoms with E-state index in [1.165, 1.54) is 11.3 Å². The van der Waals surface area contributed by atoms with Gasteiger partial charge in [0.1, 0.15) is 0 Å². The molecule has 1 aromatic heterocycles. The molecule has 104 valence electrons. The molecule has 1 N–H and O–H groups in total. The number of hydrogen-bond acceptors (Lipinski definition) is 5. The minimum Gasteiger partial charge on any atom is -0.334 e. The van der Waals surface area contributed by atoms with E-state index in [9.17, 15) is 9.59 Å². The molecule has 0 saturated carbocycles. The van der Waals surface area contributed by atoms with Crippen LogP contribution in [0.5, 0.6) is 0 Å². The highest BCUT2D eigenvalue weighted by Crippen LogP contribution is 2.15.